The molecule has 0 atom stereocenters. The van der Waals surface area contributed by atoms with Gasteiger partial charge in [-0.25, -0.2) is 0 Å². The van der Waals surface area contributed by atoms with E-state index in [0.717, 1.165) is 0 Å². The Labute approximate surface area is 177 Å². The van der Waals surface area contributed by atoms with E-state index in [-0.39, 0.29) is 30.2 Å². The molecule has 2 rings (SSSR count). The van der Waals surface area contributed by atoms with E-state index in [1.54, 1.807) is 23.3 Å². The number of aryl methyl sites for hydroxylation is 4. The topological polar surface area (TPSA) is 0 Å². The predicted octanol–water partition coefficient (Wildman–Crippen LogP) is 0.0707. The summed E-state index contributed by atoms with van der Waals surface area (Å²) in [6.07, 6.45) is 0. The quantitative estimate of drug-likeness (QED) is 0.384. The molecule has 0 heterocycles. The molecule has 136 valence electrons. The first-order valence-corrected chi connectivity index (χ1v) is 14.1. The van der Waals surface area contributed by atoms with Crippen molar-refractivity contribution in [3.63, 3.8) is 0 Å². The fourth-order valence-electron chi connectivity index (χ4n) is 2.27. The van der Waals surface area contributed by atoms with Gasteiger partial charge in [-0.2, -0.15) is 56.6 Å². The summed E-state index contributed by atoms with van der Waals surface area (Å²) in [4.78, 5) is 0. The second kappa shape index (κ2) is 13.6. The van der Waals surface area contributed by atoms with Gasteiger partial charge in [0.15, 0.2) is 0 Å². The summed E-state index contributed by atoms with van der Waals surface area (Å²) in [6.45, 7) is 22.0. The van der Waals surface area contributed by atoms with Gasteiger partial charge >= 0.3 is 41.9 Å². The Bertz CT molecular complexity index is 537. The van der Waals surface area contributed by atoms with Crippen molar-refractivity contribution < 1.29 is 48.1 Å². The molecule has 0 aliphatic rings. The van der Waals surface area contributed by atoms with E-state index in [2.05, 4.69) is 80.6 Å². The Balaban J connectivity index is -0.000000283. The normalized spacial score (nSPS) is 8.83. The molecule has 0 saturated heterocycles. The summed E-state index contributed by atoms with van der Waals surface area (Å²) in [5.41, 5.74) is 11.7. The van der Waals surface area contributed by atoms with E-state index >= 15 is 0 Å². The molecule has 0 N–H and O–H groups in total. The van der Waals surface area contributed by atoms with Crippen LogP contribution in [0.3, 0.4) is 0 Å². The summed E-state index contributed by atoms with van der Waals surface area (Å²) in [5, 5.41) is 0. The molecule has 0 amide bonds. The van der Waals surface area contributed by atoms with Crippen LogP contribution in [0.25, 0.3) is 0 Å². The molecule has 0 aromatic heterocycles. The average Bonchev–Trinajstić information content (AvgIpc) is 2.75. The Hall–Kier alpha value is 0.380. The van der Waals surface area contributed by atoms with Gasteiger partial charge < -0.3 is 24.8 Å². The molecule has 0 fully saturated rings. The van der Waals surface area contributed by atoms with Gasteiger partial charge in [0.25, 0.3) is 0 Å². The van der Waals surface area contributed by atoms with Crippen molar-refractivity contribution in [2.75, 3.05) is 0 Å². The summed E-state index contributed by atoms with van der Waals surface area (Å²) >= 11 is 1.74. The minimum atomic E-state index is 0. The summed E-state index contributed by atoms with van der Waals surface area (Å²) in [5.74, 6) is 0. The second-order valence-electron chi connectivity index (χ2n) is 6.52. The number of hydrogen-bond acceptors (Lipinski definition) is 0. The van der Waals surface area contributed by atoms with Crippen LogP contribution in [0.1, 0.15) is 44.5 Å². The van der Waals surface area contributed by atoms with Crippen LogP contribution in [0.5, 0.6) is 0 Å². The smallest absolute Gasteiger partial charge is 0.0630 e. The molecule has 0 aliphatic heterocycles. The fourth-order valence-corrected chi connectivity index (χ4v) is 2.27. The third-order valence-electron chi connectivity index (χ3n) is 4.36. The van der Waals surface area contributed by atoms with Gasteiger partial charge in [-0.05, 0) is 0 Å². The van der Waals surface area contributed by atoms with Crippen molar-refractivity contribution in [1.82, 2.24) is 0 Å². The molecule has 0 bridgehead atoms. The van der Waals surface area contributed by atoms with Crippen LogP contribution in [0.4, 0.5) is 0 Å². The molecule has 4 heteroatoms. The first-order chi connectivity index (χ1) is 9.98. The van der Waals surface area contributed by atoms with Crippen LogP contribution in [-0.4, -0.2) is 5.43 Å². The third kappa shape index (κ3) is 9.76. The summed E-state index contributed by atoms with van der Waals surface area (Å²) < 4.78 is 0. The Morgan fingerprint density at radius 2 is 0.917 bits per heavy atom. The van der Waals surface area contributed by atoms with E-state index < -0.39 is 0 Å². The van der Waals surface area contributed by atoms with Crippen molar-refractivity contribution in [2.24, 2.45) is 0 Å². The summed E-state index contributed by atoms with van der Waals surface area (Å²) in [6, 6.07) is 4.48. The standard InChI is InChI=1S/2C9H13.C2H6Si.2ClH.Zr/c2*1-6-5-7(2)9(4)8(6)3;1-3-2;;;/h2*5H,1-4H3;1-2H3;2*1H;/q2*-1;;;;+2/p-2. The van der Waals surface area contributed by atoms with Crippen LogP contribution in [0.15, 0.2) is 12.1 Å². The number of hydrogen-bond donors (Lipinski definition) is 0. The fraction of sp³-hybridized carbons (Fsp3) is 0.500. The SMILES string of the molecule is C[Si](C)=[Zr+2].Cc1c[c-](C)c(C)c1C.Cc1c[c-](C)c(C)c1C.[Cl-].[Cl-]. The van der Waals surface area contributed by atoms with Crippen LogP contribution in [-0.2, 0) is 23.3 Å². The Morgan fingerprint density at radius 1 is 0.708 bits per heavy atom. The zero-order chi connectivity index (χ0) is 17.6. The summed E-state index contributed by atoms with van der Waals surface area (Å²) in [7, 11) is 0. The van der Waals surface area contributed by atoms with Crippen molar-refractivity contribution in [3.05, 3.63) is 56.6 Å². The average molecular weight is 463 g/mol. The molecule has 0 spiro atoms. The third-order valence-corrected chi connectivity index (χ3v) is 4.36. The maximum Gasteiger partial charge on any atom is -0.0630 e. The molecule has 2 aromatic carbocycles. The van der Waals surface area contributed by atoms with Gasteiger partial charge in [-0.15, -0.1) is 0 Å². The number of halogens is 2. The van der Waals surface area contributed by atoms with E-state index in [1.165, 1.54) is 44.5 Å². The first kappa shape index (κ1) is 29.2. The van der Waals surface area contributed by atoms with E-state index in [9.17, 15) is 0 Å². The zero-order valence-electron chi connectivity index (χ0n) is 16.9. The minimum absolute atomic E-state index is 0. The molecule has 0 nitrogen and oxygen atoms in total. The van der Waals surface area contributed by atoms with Gasteiger partial charge in [0.2, 0.25) is 0 Å². The van der Waals surface area contributed by atoms with Crippen LogP contribution in [0.2, 0.25) is 13.1 Å². The predicted molar refractivity (Wildman–Crippen MR) is 99.4 cm³/mol. The molecule has 0 unspecified atom stereocenters. The minimum Gasteiger partial charge on any atom is -1.00 e. The molecular formula is C20H32Cl2SiZr-2. The van der Waals surface area contributed by atoms with Gasteiger partial charge in [0, 0.05) is 0 Å². The molecule has 2 aromatic rings. The van der Waals surface area contributed by atoms with Crippen molar-refractivity contribution >= 4 is 5.43 Å². The molecule has 0 aliphatic carbocycles. The Kier molecular flexibility index (Phi) is 16.5. The Morgan fingerprint density at radius 3 is 0.958 bits per heavy atom. The maximum atomic E-state index is 2.31. The molecule has 0 radical (unpaired) electrons. The van der Waals surface area contributed by atoms with Crippen LogP contribution >= 0.6 is 0 Å². The van der Waals surface area contributed by atoms with E-state index in [0.29, 0.717) is 0 Å². The van der Waals surface area contributed by atoms with Gasteiger partial charge in [-0.1, -0.05) is 55.4 Å². The van der Waals surface area contributed by atoms with E-state index in [1.807, 2.05) is 0 Å². The van der Waals surface area contributed by atoms with E-state index in [4.69, 9.17) is 0 Å². The largest absolute Gasteiger partial charge is 1.00 e. The van der Waals surface area contributed by atoms with Gasteiger partial charge in [0.1, 0.15) is 0 Å². The van der Waals surface area contributed by atoms with Crippen molar-refractivity contribution in [1.29, 1.82) is 0 Å². The van der Waals surface area contributed by atoms with Gasteiger partial charge in [0.05, 0.1) is 0 Å². The van der Waals surface area contributed by atoms with Crippen molar-refractivity contribution in [3.8, 4) is 0 Å². The van der Waals surface area contributed by atoms with Gasteiger partial charge in [-0.3, -0.25) is 0 Å². The first-order valence-electron chi connectivity index (χ1n) is 7.90. The monoisotopic (exact) mass is 460 g/mol. The second-order valence-corrected chi connectivity index (χ2v) is 15.9. The van der Waals surface area contributed by atoms with Crippen molar-refractivity contribution in [2.45, 2.75) is 68.5 Å². The molecule has 0 saturated carbocycles. The zero-order valence-corrected chi connectivity index (χ0v) is 21.9. The number of rotatable bonds is 0. The van der Waals surface area contributed by atoms with Crippen LogP contribution in [0, 0.1) is 55.4 Å². The van der Waals surface area contributed by atoms with Crippen LogP contribution < -0.4 is 24.8 Å². The molecular weight excluding hydrogens is 430 g/mol. The molecule has 24 heavy (non-hydrogen) atoms. The maximum absolute atomic E-state index is 2.31.